The van der Waals surface area contributed by atoms with E-state index >= 15 is 8.78 Å². The highest BCUT2D eigenvalue weighted by Crippen LogP contribution is 2.49. The van der Waals surface area contributed by atoms with Crippen LogP contribution in [0.25, 0.3) is 22.2 Å². The Hall–Kier alpha value is -5.30. The molecular weight excluding hydrogens is 991 g/mol. The first-order valence-corrected chi connectivity index (χ1v) is 24.5. The average Bonchev–Trinajstić information content (AvgIpc) is 3.92. The number of nitrogens with zero attached hydrogens (tertiary/aromatic N) is 7. The van der Waals surface area contributed by atoms with Crippen molar-refractivity contribution in [2.45, 2.75) is 121 Å². The number of aryl methyl sites for hydroxylation is 1. The average molecular weight is 1050 g/mol. The van der Waals surface area contributed by atoms with Gasteiger partial charge in [-0.15, -0.1) is 0 Å². The summed E-state index contributed by atoms with van der Waals surface area (Å²) >= 11 is 2.06. The van der Waals surface area contributed by atoms with E-state index in [0.29, 0.717) is 65.5 Å². The van der Waals surface area contributed by atoms with Crippen molar-refractivity contribution < 1.29 is 41.7 Å². The molecule has 0 radical (unpaired) electrons. The second-order valence-electron chi connectivity index (χ2n) is 19.9. The highest BCUT2D eigenvalue weighted by molar-refractivity contribution is 14.1. The Morgan fingerprint density at radius 1 is 0.956 bits per heavy atom. The molecule has 1 amide bonds. The van der Waals surface area contributed by atoms with Crippen LogP contribution in [0.5, 0.6) is 23.4 Å². The van der Waals surface area contributed by atoms with Crippen molar-refractivity contribution in [3.63, 3.8) is 0 Å². The van der Waals surface area contributed by atoms with Crippen LogP contribution in [0.15, 0.2) is 54.6 Å². The molecule has 360 valence electrons. The lowest BCUT2D eigenvalue weighted by molar-refractivity contribution is 0.000932. The molecule has 0 aliphatic carbocycles. The Balaban J connectivity index is 1.11. The number of pyridine rings is 1. The summed E-state index contributed by atoms with van der Waals surface area (Å²) in [5.41, 5.74) is 1.07. The summed E-state index contributed by atoms with van der Waals surface area (Å²) in [6.45, 7) is 11.5. The molecule has 4 saturated heterocycles. The molecule has 2 aromatic heterocycles. The lowest BCUT2D eigenvalue weighted by atomic mass is 9.95. The fourth-order valence-electron chi connectivity index (χ4n) is 11.2. The van der Waals surface area contributed by atoms with Crippen molar-refractivity contribution in [3.05, 3.63) is 86.5 Å². The van der Waals surface area contributed by atoms with Gasteiger partial charge in [0.1, 0.15) is 58.4 Å². The monoisotopic (exact) mass is 1050 g/mol. The van der Waals surface area contributed by atoms with Crippen LogP contribution in [-0.2, 0) is 17.8 Å². The van der Waals surface area contributed by atoms with Gasteiger partial charge in [-0.3, -0.25) is 9.80 Å². The third-order valence-electron chi connectivity index (χ3n) is 14.3. The molecule has 3 aromatic carbocycles. The minimum Gasteiger partial charge on any atom is -0.497 e. The molecule has 10 rings (SSSR count). The van der Waals surface area contributed by atoms with E-state index in [0.717, 1.165) is 36.9 Å². The molecule has 13 nitrogen and oxygen atoms in total. The number of ether oxygens (including phenoxy) is 5. The molecule has 6 atom stereocenters. The number of rotatable bonds is 11. The molecular formula is C51H57F3IN7O6. The predicted octanol–water partition coefficient (Wildman–Crippen LogP) is 9.80. The van der Waals surface area contributed by atoms with Crippen molar-refractivity contribution in [1.29, 1.82) is 0 Å². The van der Waals surface area contributed by atoms with Crippen molar-refractivity contribution in [1.82, 2.24) is 24.8 Å². The molecule has 5 aliphatic heterocycles. The van der Waals surface area contributed by atoms with Gasteiger partial charge in [-0.1, -0.05) is 24.3 Å². The predicted molar refractivity (Wildman–Crippen MR) is 261 cm³/mol. The minimum atomic E-state index is -0.981. The maximum absolute atomic E-state index is 18.1. The standard InChI is InChI=1S/C51H57F3IN7O6/c1-28-21-37(59(23-30-9-14-34(64-6)15-10-30)24-31-11-16-35(65-7)17-12-31)40(53)38(42(28)55)43-41(54)44-39-46(58-48(57-44)66-27-51-19-8-20-60(51)25-32(52)22-51)61-26-33-13-18-36(45(61)29(2)67-47(39)56-43)62(33)49(63)68-50(3,4)5/h9-12,14-17,21,29,32-33,36,45H,8,13,18-20,22-27H2,1-7H3/t29-,32+,33+,36-,45+,51-/m0/s1. The van der Waals surface area contributed by atoms with Crippen LogP contribution in [0.2, 0.25) is 0 Å². The van der Waals surface area contributed by atoms with Gasteiger partial charge in [-0.2, -0.15) is 9.97 Å². The lowest BCUT2D eigenvalue weighted by Gasteiger charge is -2.48. The van der Waals surface area contributed by atoms with Crippen LogP contribution in [0.1, 0.15) is 76.5 Å². The zero-order valence-electron chi connectivity index (χ0n) is 39.5. The van der Waals surface area contributed by atoms with Crippen molar-refractivity contribution in [2.75, 3.05) is 50.3 Å². The molecule has 5 aliphatic rings. The maximum Gasteiger partial charge on any atom is 0.410 e. The number of hydrogen-bond acceptors (Lipinski definition) is 12. The quantitative estimate of drug-likeness (QED) is 0.117. The molecule has 7 heterocycles. The summed E-state index contributed by atoms with van der Waals surface area (Å²) in [6.07, 6.45) is 1.41. The van der Waals surface area contributed by atoms with Crippen molar-refractivity contribution in [3.8, 4) is 34.6 Å². The first-order chi connectivity index (χ1) is 32.5. The molecule has 0 saturated carbocycles. The van der Waals surface area contributed by atoms with Crippen LogP contribution in [-0.4, -0.2) is 113 Å². The van der Waals surface area contributed by atoms with E-state index in [2.05, 4.69) is 32.4 Å². The number of methoxy groups -OCH3 is 2. The number of halogens is 4. The zero-order valence-corrected chi connectivity index (χ0v) is 41.6. The van der Waals surface area contributed by atoms with Crippen molar-refractivity contribution >= 4 is 51.1 Å². The Morgan fingerprint density at radius 3 is 2.28 bits per heavy atom. The maximum atomic E-state index is 18.1. The smallest absolute Gasteiger partial charge is 0.410 e. The summed E-state index contributed by atoms with van der Waals surface area (Å²) < 4.78 is 81.5. The summed E-state index contributed by atoms with van der Waals surface area (Å²) in [4.78, 5) is 36.5. The summed E-state index contributed by atoms with van der Waals surface area (Å²) in [5, 5.41) is 0.229. The Labute approximate surface area is 408 Å². The Bertz CT molecular complexity index is 2700. The largest absolute Gasteiger partial charge is 0.497 e. The molecule has 0 spiro atoms. The van der Waals surface area contributed by atoms with E-state index in [1.54, 1.807) is 20.3 Å². The molecule has 4 fully saturated rings. The zero-order chi connectivity index (χ0) is 47.8. The number of fused-ring (bicyclic) bond motifs is 6. The van der Waals surface area contributed by atoms with Crippen LogP contribution < -0.4 is 28.7 Å². The molecule has 2 bridgehead atoms. The second kappa shape index (κ2) is 17.9. The number of hydrogen-bond donors (Lipinski definition) is 0. The number of carbonyl (C=O) groups excluding carboxylic acids is 1. The number of amides is 1. The highest BCUT2D eigenvalue weighted by atomic mass is 127. The van der Waals surface area contributed by atoms with E-state index in [4.69, 9.17) is 38.6 Å². The molecule has 17 heteroatoms. The van der Waals surface area contributed by atoms with Gasteiger partial charge in [0, 0.05) is 36.2 Å². The SMILES string of the molecule is COc1ccc(CN(Cc2ccc(OC)cc2)c2cc(C)c(I)c(-c3nc4c5c(nc(OC[C@@]67CCCN6C[C@H](F)C7)nc5c3F)N3C[C@H]5CC[C@@H]([C@H]3[C@H](C)O4)N5C(=O)OC(C)(C)C)c2F)cc1. The number of carbonyl (C=O) groups is 1. The third kappa shape index (κ3) is 8.38. The third-order valence-corrected chi connectivity index (χ3v) is 15.7. The summed E-state index contributed by atoms with van der Waals surface area (Å²) in [7, 11) is 3.21. The minimum absolute atomic E-state index is 0.0397. The van der Waals surface area contributed by atoms with Crippen LogP contribution in [0, 0.1) is 22.1 Å². The number of alkyl halides is 1. The molecule has 68 heavy (non-hydrogen) atoms. The van der Waals surface area contributed by atoms with E-state index in [1.807, 2.05) is 92.9 Å². The molecule has 0 N–H and O–H groups in total. The van der Waals surface area contributed by atoms with Crippen LogP contribution in [0.4, 0.5) is 29.5 Å². The fraction of sp³-hybridized carbons (Fsp3) is 0.490. The fourth-order valence-corrected chi connectivity index (χ4v) is 11.9. The second-order valence-corrected chi connectivity index (χ2v) is 21.0. The van der Waals surface area contributed by atoms with Gasteiger partial charge in [0.25, 0.3) is 0 Å². The van der Waals surface area contributed by atoms with Crippen molar-refractivity contribution in [2.24, 2.45) is 0 Å². The van der Waals surface area contributed by atoms with Gasteiger partial charge in [-0.05, 0) is 136 Å². The van der Waals surface area contributed by atoms with Gasteiger partial charge >= 0.3 is 12.1 Å². The van der Waals surface area contributed by atoms with Gasteiger partial charge in [-0.25, -0.2) is 22.9 Å². The highest BCUT2D eigenvalue weighted by Gasteiger charge is 2.54. The topological polar surface area (TPSA) is 115 Å². The van der Waals surface area contributed by atoms with E-state index < -0.39 is 47.2 Å². The van der Waals surface area contributed by atoms with Crippen LogP contribution >= 0.6 is 22.6 Å². The van der Waals surface area contributed by atoms with E-state index in [-0.39, 0.29) is 58.4 Å². The van der Waals surface area contributed by atoms with Gasteiger partial charge in [0.2, 0.25) is 5.88 Å². The van der Waals surface area contributed by atoms with E-state index in [1.165, 1.54) is 0 Å². The molecule has 0 unspecified atom stereocenters. The van der Waals surface area contributed by atoms with Crippen LogP contribution in [0.3, 0.4) is 0 Å². The lowest BCUT2D eigenvalue weighted by Crippen LogP contribution is -2.65. The number of piperazine rings is 1. The summed E-state index contributed by atoms with van der Waals surface area (Å²) in [6, 6.07) is 15.9. The normalized spacial score (nSPS) is 24.1. The number of benzene rings is 3. The van der Waals surface area contributed by atoms with Gasteiger partial charge < -0.3 is 33.5 Å². The van der Waals surface area contributed by atoms with Gasteiger partial charge in [0.15, 0.2) is 11.6 Å². The Kier molecular flexibility index (Phi) is 12.2. The first-order valence-electron chi connectivity index (χ1n) is 23.4. The summed E-state index contributed by atoms with van der Waals surface area (Å²) in [5.74, 6) is 0.256. The van der Waals surface area contributed by atoms with Gasteiger partial charge in [0.05, 0.1) is 49.1 Å². The Morgan fingerprint density at radius 2 is 1.63 bits per heavy atom. The number of anilines is 2. The number of aromatic nitrogens is 3. The van der Waals surface area contributed by atoms with E-state index in [9.17, 15) is 9.18 Å². The first kappa shape index (κ1) is 46.4. The molecule has 5 aromatic rings.